The number of fused-ring (bicyclic) bond motifs is 1. The molecule has 0 saturated heterocycles. The lowest BCUT2D eigenvalue weighted by Gasteiger charge is -2.35. The Morgan fingerprint density at radius 2 is 1.83 bits per heavy atom. The van der Waals surface area contributed by atoms with Crippen molar-refractivity contribution in [1.82, 2.24) is 19.6 Å². The van der Waals surface area contributed by atoms with Gasteiger partial charge in [-0.1, -0.05) is 12.1 Å². The van der Waals surface area contributed by atoms with Crippen molar-refractivity contribution in [2.24, 2.45) is 14.1 Å². The molecular weight excluding hydrogens is 383 g/mol. The number of aryl methyl sites for hydroxylation is 2. The van der Waals surface area contributed by atoms with Crippen LogP contribution >= 0.6 is 0 Å². The maximum Gasteiger partial charge on any atom is 0.435 e. The van der Waals surface area contributed by atoms with E-state index >= 15 is 0 Å². The fourth-order valence-corrected chi connectivity index (χ4v) is 4.09. The summed E-state index contributed by atoms with van der Waals surface area (Å²) in [4.78, 5) is 2.21. The van der Waals surface area contributed by atoms with Gasteiger partial charge in [0.1, 0.15) is 5.75 Å². The highest BCUT2D eigenvalue weighted by Gasteiger charge is 2.37. The van der Waals surface area contributed by atoms with E-state index in [9.17, 15) is 13.2 Å². The van der Waals surface area contributed by atoms with Crippen molar-refractivity contribution in [2.45, 2.75) is 25.6 Å². The lowest BCUT2D eigenvalue weighted by molar-refractivity contribution is -0.141. The summed E-state index contributed by atoms with van der Waals surface area (Å²) in [5.74, 6) is 0.778. The molecule has 29 heavy (non-hydrogen) atoms. The van der Waals surface area contributed by atoms with E-state index in [2.05, 4.69) is 15.1 Å². The number of methoxy groups -OCH3 is 1. The molecule has 1 aliphatic heterocycles. The van der Waals surface area contributed by atoms with Crippen LogP contribution in [0.25, 0.3) is 11.4 Å². The topological polar surface area (TPSA) is 48.1 Å². The lowest BCUT2D eigenvalue weighted by Crippen LogP contribution is -2.34. The number of para-hydroxylation sites is 2. The number of nitrogens with zero attached hydrogens (tertiary/aromatic N) is 5. The predicted molar refractivity (Wildman–Crippen MR) is 103 cm³/mol. The zero-order chi connectivity index (χ0) is 20.9. The summed E-state index contributed by atoms with van der Waals surface area (Å²) >= 11 is 0. The highest BCUT2D eigenvalue weighted by molar-refractivity contribution is 5.66. The van der Waals surface area contributed by atoms with Crippen LogP contribution in [0.4, 0.5) is 18.9 Å². The van der Waals surface area contributed by atoms with Crippen molar-refractivity contribution >= 4 is 5.69 Å². The van der Waals surface area contributed by atoms with Crippen molar-refractivity contribution < 1.29 is 17.9 Å². The van der Waals surface area contributed by atoms with Crippen LogP contribution in [0.3, 0.4) is 0 Å². The van der Waals surface area contributed by atoms with Crippen molar-refractivity contribution in [3.05, 3.63) is 47.3 Å². The van der Waals surface area contributed by atoms with Gasteiger partial charge in [0.2, 0.25) is 0 Å². The van der Waals surface area contributed by atoms with Gasteiger partial charge < -0.3 is 9.64 Å². The summed E-state index contributed by atoms with van der Waals surface area (Å²) in [6.07, 6.45) is -3.82. The molecule has 0 N–H and O–H groups in total. The number of aromatic nitrogens is 4. The third-order valence-electron chi connectivity index (χ3n) is 5.45. The Hall–Kier alpha value is -2.97. The summed E-state index contributed by atoms with van der Waals surface area (Å²) in [7, 11) is 4.92. The van der Waals surface area contributed by atoms with Crippen LogP contribution < -0.4 is 9.64 Å². The van der Waals surface area contributed by atoms with Crippen LogP contribution in [0.1, 0.15) is 29.9 Å². The molecule has 154 valence electrons. The van der Waals surface area contributed by atoms with E-state index in [1.165, 1.54) is 11.7 Å². The summed E-state index contributed by atoms with van der Waals surface area (Å²) < 4.78 is 47.8. The molecule has 1 atom stereocenters. The molecule has 4 rings (SSSR count). The lowest BCUT2D eigenvalue weighted by atomic mass is 9.96. The van der Waals surface area contributed by atoms with E-state index in [1.54, 1.807) is 18.8 Å². The fraction of sp³-hybridized carbons (Fsp3) is 0.400. The molecule has 6 nitrogen and oxygen atoms in total. The second kappa shape index (κ2) is 6.82. The molecule has 0 amide bonds. The maximum atomic E-state index is 13.1. The molecule has 0 spiro atoms. The smallest absolute Gasteiger partial charge is 0.435 e. The van der Waals surface area contributed by atoms with Gasteiger partial charge in [-0.25, -0.2) is 0 Å². The zero-order valence-electron chi connectivity index (χ0n) is 16.7. The Labute approximate surface area is 166 Å². The molecule has 0 radical (unpaired) electrons. The SMILES string of the molecule is COc1ccccc1N1CCc2c(nn(C)c2-c2cc(C(F)(F)F)nn2C)[C@@H]1C. The van der Waals surface area contributed by atoms with Gasteiger partial charge >= 0.3 is 6.18 Å². The molecule has 0 bridgehead atoms. The van der Waals surface area contributed by atoms with Crippen molar-refractivity contribution in [2.75, 3.05) is 18.6 Å². The molecule has 1 aromatic carbocycles. The molecule has 9 heteroatoms. The summed E-state index contributed by atoms with van der Waals surface area (Å²) in [5, 5.41) is 8.32. The van der Waals surface area contributed by atoms with Gasteiger partial charge in [0.05, 0.1) is 35.9 Å². The first-order chi connectivity index (χ1) is 13.7. The number of rotatable bonds is 3. The molecular formula is C20H22F3N5O. The monoisotopic (exact) mass is 405 g/mol. The molecule has 3 heterocycles. The standard InChI is InChI=1S/C20H22F3N5O/c1-12-18-13(9-10-28(12)14-7-5-6-8-16(14)29-4)19(27(3)25-18)15-11-17(20(21,22)23)24-26(15)2/h5-8,11-12H,9-10H2,1-4H3/t12-/m0/s1. The van der Waals surface area contributed by atoms with Gasteiger partial charge in [-0.15, -0.1) is 0 Å². The van der Waals surface area contributed by atoms with E-state index in [0.29, 0.717) is 24.4 Å². The number of hydrogen-bond acceptors (Lipinski definition) is 4. The first-order valence-corrected chi connectivity index (χ1v) is 9.29. The van der Waals surface area contributed by atoms with E-state index in [-0.39, 0.29) is 6.04 Å². The third-order valence-corrected chi connectivity index (χ3v) is 5.45. The second-order valence-corrected chi connectivity index (χ2v) is 7.16. The molecule has 1 aliphatic rings. The molecule has 2 aromatic heterocycles. The minimum absolute atomic E-state index is 0.0506. The first-order valence-electron chi connectivity index (χ1n) is 9.29. The van der Waals surface area contributed by atoms with E-state index < -0.39 is 11.9 Å². The number of anilines is 1. The molecule has 0 fully saturated rings. The van der Waals surface area contributed by atoms with Gasteiger partial charge in [-0.05, 0) is 31.5 Å². The Bertz CT molecular complexity index is 1050. The van der Waals surface area contributed by atoms with Gasteiger partial charge in [0.15, 0.2) is 5.69 Å². The Kier molecular flexibility index (Phi) is 4.55. The van der Waals surface area contributed by atoms with Crippen LogP contribution in [0.15, 0.2) is 30.3 Å². The first kappa shape index (κ1) is 19.4. The van der Waals surface area contributed by atoms with Gasteiger partial charge in [0, 0.05) is 26.2 Å². The van der Waals surface area contributed by atoms with Crippen LogP contribution in [0, 0.1) is 0 Å². The van der Waals surface area contributed by atoms with E-state index in [4.69, 9.17) is 4.74 Å². The number of ether oxygens (including phenoxy) is 1. The second-order valence-electron chi connectivity index (χ2n) is 7.16. The zero-order valence-corrected chi connectivity index (χ0v) is 16.7. The minimum atomic E-state index is -4.48. The molecule has 0 saturated carbocycles. The Balaban J connectivity index is 1.77. The van der Waals surface area contributed by atoms with Crippen LogP contribution in [-0.2, 0) is 26.7 Å². The van der Waals surface area contributed by atoms with Crippen LogP contribution in [-0.4, -0.2) is 33.2 Å². The van der Waals surface area contributed by atoms with Crippen LogP contribution in [0.5, 0.6) is 5.75 Å². The number of hydrogen-bond donors (Lipinski definition) is 0. The Morgan fingerprint density at radius 1 is 1.10 bits per heavy atom. The maximum absolute atomic E-state index is 13.1. The number of halogens is 3. The molecule has 3 aromatic rings. The number of alkyl halides is 3. The van der Waals surface area contributed by atoms with Gasteiger partial charge in [-0.3, -0.25) is 9.36 Å². The van der Waals surface area contributed by atoms with Crippen LogP contribution in [0.2, 0.25) is 0 Å². The molecule has 0 aliphatic carbocycles. The highest BCUT2D eigenvalue weighted by Crippen LogP contribution is 2.41. The average molecular weight is 405 g/mol. The van der Waals surface area contributed by atoms with Crippen molar-refractivity contribution in [3.8, 4) is 17.1 Å². The largest absolute Gasteiger partial charge is 0.495 e. The third kappa shape index (κ3) is 3.14. The average Bonchev–Trinajstić information content (AvgIpc) is 3.21. The predicted octanol–water partition coefficient (Wildman–Crippen LogP) is 3.97. The number of benzene rings is 1. The summed E-state index contributed by atoms with van der Waals surface area (Å²) in [5.41, 5.74) is 2.98. The fourth-order valence-electron chi connectivity index (χ4n) is 4.09. The van der Waals surface area contributed by atoms with E-state index in [0.717, 1.165) is 28.8 Å². The normalized spacial score (nSPS) is 16.8. The van der Waals surface area contributed by atoms with Gasteiger partial charge in [-0.2, -0.15) is 23.4 Å². The quantitative estimate of drug-likeness (QED) is 0.662. The Morgan fingerprint density at radius 3 is 2.48 bits per heavy atom. The van der Waals surface area contributed by atoms with E-state index in [1.807, 2.05) is 31.2 Å². The minimum Gasteiger partial charge on any atom is -0.495 e. The molecule has 0 unspecified atom stereocenters. The highest BCUT2D eigenvalue weighted by atomic mass is 19.4. The van der Waals surface area contributed by atoms with Crippen molar-refractivity contribution in [3.63, 3.8) is 0 Å². The van der Waals surface area contributed by atoms with Crippen molar-refractivity contribution in [1.29, 1.82) is 0 Å². The summed E-state index contributed by atoms with van der Waals surface area (Å²) in [6.45, 7) is 2.75. The van der Waals surface area contributed by atoms with Gasteiger partial charge in [0.25, 0.3) is 0 Å². The summed E-state index contributed by atoms with van der Waals surface area (Å²) in [6, 6.07) is 8.83.